The number of hydrogen-bond donors (Lipinski definition) is 1. The highest BCUT2D eigenvalue weighted by Crippen LogP contribution is 2.42. The third kappa shape index (κ3) is 4.15. The molecule has 0 radical (unpaired) electrons. The summed E-state index contributed by atoms with van der Waals surface area (Å²) in [7, 11) is 0. The molecule has 0 saturated heterocycles. The SMILES string of the molecule is Cc1cc2c(cc1-c1c([C@H](OC(C)(C)C)C(=O)O)c(C)nc3ccccc13)CCCO2. The first-order chi connectivity index (χ1) is 14.7. The fourth-order valence-electron chi connectivity index (χ4n) is 4.32. The molecule has 2 heterocycles. The molecule has 1 aliphatic heterocycles. The van der Waals surface area contributed by atoms with E-state index in [0.29, 0.717) is 11.3 Å². The molecule has 5 heteroatoms. The number of hydrogen-bond acceptors (Lipinski definition) is 4. The van der Waals surface area contributed by atoms with Gasteiger partial charge >= 0.3 is 5.97 Å². The predicted octanol–water partition coefficient (Wildman–Crippen LogP) is 5.78. The molecular weight excluding hydrogens is 390 g/mol. The first kappa shape index (κ1) is 21.3. The molecule has 0 amide bonds. The van der Waals surface area contributed by atoms with Gasteiger partial charge in [0.1, 0.15) is 5.75 Å². The highest BCUT2D eigenvalue weighted by atomic mass is 16.5. The summed E-state index contributed by atoms with van der Waals surface area (Å²) < 4.78 is 11.9. The summed E-state index contributed by atoms with van der Waals surface area (Å²) in [6, 6.07) is 12.1. The largest absolute Gasteiger partial charge is 0.493 e. The van der Waals surface area contributed by atoms with Crippen molar-refractivity contribution in [2.24, 2.45) is 0 Å². The van der Waals surface area contributed by atoms with Crippen LogP contribution in [0, 0.1) is 13.8 Å². The zero-order chi connectivity index (χ0) is 22.3. The second-order valence-electron chi connectivity index (χ2n) is 9.18. The first-order valence-corrected chi connectivity index (χ1v) is 10.7. The normalized spacial score (nSPS) is 14.7. The Morgan fingerprint density at radius 3 is 2.65 bits per heavy atom. The number of para-hydroxylation sites is 1. The predicted molar refractivity (Wildman–Crippen MR) is 122 cm³/mol. The van der Waals surface area contributed by atoms with E-state index in [1.807, 2.05) is 58.9 Å². The second-order valence-corrected chi connectivity index (χ2v) is 9.18. The van der Waals surface area contributed by atoms with Crippen LogP contribution in [0.25, 0.3) is 22.0 Å². The van der Waals surface area contributed by atoms with Crippen molar-refractivity contribution in [1.82, 2.24) is 4.98 Å². The molecule has 1 atom stereocenters. The van der Waals surface area contributed by atoms with Gasteiger partial charge in [-0.1, -0.05) is 18.2 Å². The molecule has 1 N–H and O–H groups in total. The maximum absolute atomic E-state index is 12.4. The summed E-state index contributed by atoms with van der Waals surface area (Å²) in [5.74, 6) is -0.0971. The fraction of sp³-hybridized carbons (Fsp3) is 0.385. The number of carboxylic acids is 1. The average Bonchev–Trinajstić information content (AvgIpc) is 2.70. The molecular formula is C26H29NO4. The van der Waals surface area contributed by atoms with Crippen LogP contribution in [-0.4, -0.2) is 28.3 Å². The van der Waals surface area contributed by atoms with Crippen molar-refractivity contribution in [3.05, 3.63) is 58.8 Å². The van der Waals surface area contributed by atoms with E-state index in [0.717, 1.165) is 58.4 Å². The number of aromatic nitrogens is 1. The zero-order valence-electron chi connectivity index (χ0n) is 18.8. The molecule has 0 bridgehead atoms. The Bertz CT molecular complexity index is 1160. The van der Waals surface area contributed by atoms with E-state index in [9.17, 15) is 9.90 Å². The van der Waals surface area contributed by atoms with Crippen LogP contribution in [0.4, 0.5) is 0 Å². The lowest BCUT2D eigenvalue weighted by atomic mass is 9.87. The van der Waals surface area contributed by atoms with Crippen LogP contribution in [0.5, 0.6) is 5.75 Å². The second kappa shape index (κ2) is 7.97. The van der Waals surface area contributed by atoms with Gasteiger partial charge in [0.15, 0.2) is 6.10 Å². The molecule has 2 aromatic carbocycles. The zero-order valence-corrected chi connectivity index (χ0v) is 18.8. The minimum atomic E-state index is -1.13. The van der Waals surface area contributed by atoms with Gasteiger partial charge in [-0.15, -0.1) is 0 Å². The van der Waals surface area contributed by atoms with Gasteiger partial charge in [0.25, 0.3) is 0 Å². The molecule has 0 unspecified atom stereocenters. The minimum absolute atomic E-state index is 0.612. The summed E-state index contributed by atoms with van der Waals surface area (Å²) >= 11 is 0. The van der Waals surface area contributed by atoms with E-state index >= 15 is 0 Å². The molecule has 3 aromatic rings. The van der Waals surface area contributed by atoms with Crippen LogP contribution in [-0.2, 0) is 16.0 Å². The number of rotatable bonds is 4. The van der Waals surface area contributed by atoms with Crippen molar-refractivity contribution >= 4 is 16.9 Å². The van der Waals surface area contributed by atoms with Gasteiger partial charge in [-0.25, -0.2) is 4.79 Å². The van der Waals surface area contributed by atoms with Crippen LogP contribution < -0.4 is 4.74 Å². The number of carbonyl (C=O) groups is 1. The van der Waals surface area contributed by atoms with E-state index in [1.165, 1.54) is 0 Å². The molecule has 0 saturated carbocycles. The maximum atomic E-state index is 12.4. The molecule has 1 aliphatic rings. The summed E-state index contributed by atoms with van der Waals surface area (Å²) in [6.45, 7) is 10.2. The molecule has 31 heavy (non-hydrogen) atoms. The number of fused-ring (bicyclic) bond motifs is 2. The Balaban J connectivity index is 2.06. The van der Waals surface area contributed by atoms with Crippen molar-refractivity contribution in [1.29, 1.82) is 0 Å². The van der Waals surface area contributed by atoms with E-state index < -0.39 is 17.7 Å². The highest BCUT2D eigenvalue weighted by Gasteiger charge is 2.32. The van der Waals surface area contributed by atoms with Crippen molar-refractivity contribution in [3.8, 4) is 16.9 Å². The van der Waals surface area contributed by atoms with E-state index in [2.05, 4.69) is 12.1 Å². The number of nitrogens with zero attached hydrogens (tertiary/aromatic N) is 1. The van der Waals surface area contributed by atoms with Gasteiger partial charge in [-0.05, 0) is 87.9 Å². The first-order valence-electron chi connectivity index (χ1n) is 10.7. The van der Waals surface area contributed by atoms with Crippen molar-refractivity contribution in [3.63, 3.8) is 0 Å². The van der Waals surface area contributed by atoms with Crippen LogP contribution in [0.15, 0.2) is 36.4 Å². The van der Waals surface area contributed by atoms with E-state index in [1.54, 1.807) is 0 Å². The number of pyridine rings is 1. The average molecular weight is 420 g/mol. The summed E-state index contributed by atoms with van der Waals surface area (Å²) in [6.07, 6.45) is 0.795. The highest BCUT2D eigenvalue weighted by molar-refractivity contribution is 5.99. The molecule has 5 nitrogen and oxygen atoms in total. The van der Waals surface area contributed by atoms with Crippen molar-refractivity contribution < 1.29 is 19.4 Å². The minimum Gasteiger partial charge on any atom is -0.493 e. The molecule has 0 fully saturated rings. The third-order valence-electron chi connectivity index (χ3n) is 5.60. The topological polar surface area (TPSA) is 68.7 Å². The lowest BCUT2D eigenvalue weighted by Crippen LogP contribution is -2.28. The Hall–Kier alpha value is -2.92. The fourth-order valence-corrected chi connectivity index (χ4v) is 4.32. The lowest BCUT2D eigenvalue weighted by molar-refractivity contribution is -0.160. The summed E-state index contributed by atoms with van der Waals surface area (Å²) in [5, 5.41) is 11.1. The van der Waals surface area contributed by atoms with Gasteiger partial charge in [0.05, 0.1) is 17.7 Å². The third-order valence-corrected chi connectivity index (χ3v) is 5.60. The van der Waals surface area contributed by atoms with Crippen LogP contribution in [0.2, 0.25) is 0 Å². The van der Waals surface area contributed by atoms with E-state index in [4.69, 9.17) is 14.5 Å². The van der Waals surface area contributed by atoms with Crippen molar-refractivity contribution in [2.75, 3.05) is 6.61 Å². The van der Waals surface area contributed by atoms with Crippen molar-refractivity contribution in [2.45, 2.75) is 59.2 Å². The quantitative estimate of drug-likeness (QED) is 0.580. The smallest absolute Gasteiger partial charge is 0.337 e. The van der Waals surface area contributed by atoms with Gasteiger partial charge in [0.2, 0.25) is 0 Å². The molecule has 4 rings (SSSR count). The molecule has 0 aliphatic carbocycles. The Morgan fingerprint density at radius 1 is 1.19 bits per heavy atom. The Morgan fingerprint density at radius 2 is 1.94 bits per heavy atom. The van der Waals surface area contributed by atoms with Crippen LogP contribution in [0.1, 0.15) is 55.7 Å². The van der Waals surface area contributed by atoms with Crippen LogP contribution >= 0.6 is 0 Å². The van der Waals surface area contributed by atoms with E-state index in [-0.39, 0.29) is 0 Å². The monoisotopic (exact) mass is 419 g/mol. The van der Waals surface area contributed by atoms with Gasteiger partial charge in [-0.2, -0.15) is 0 Å². The molecule has 1 aromatic heterocycles. The standard InChI is InChI=1S/C26H29NO4/c1-15-13-21-17(9-8-12-30-21)14-19(15)23-18-10-6-7-11-20(18)27-16(2)22(23)24(25(28)29)31-26(3,4)5/h6-7,10-11,13-14,24H,8-9,12H2,1-5H3,(H,28,29)/t24-/m0/s1. The van der Waals surface area contributed by atoms with Gasteiger partial charge < -0.3 is 14.6 Å². The number of aryl methyl sites for hydroxylation is 3. The number of ether oxygens (including phenoxy) is 2. The van der Waals surface area contributed by atoms with Crippen LogP contribution in [0.3, 0.4) is 0 Å². The number of aliphatic carboxylic acids is 1. The Kier molecular flexibility index (Phi) is 5.48. The summed E-state index contributed by atoms with van der Waals surface area (Å²) in [5.41, 5.74) is 5.57. The molecule has 0 spiro atoms. The van der Waals surface area contributed by atoms with Gasteiger partial charge in [-0.3, -0.25) is 4.98 Å². The maximum Gasteiger partial charge on any atom is 0.337 e. The Labute approximate surface area is 183 Å². The number of benzene rings is 2. The van der Waals surface area contributed by atoms with Gasteiger partial charge in [0, 0.05) is 16.6 Å². The molecule has 162 valence electrons. The number of carboxylic acid groups (broad SMARTS) is 1. The lowest BCUT2D eigenvalue weighted by Gasteiger charge is -2.29. The summed E-state index contributed by atoms with van der Waals surface area (Å²) in [4.78, 5) is 17.1.